The largest absolute Gasteiger partial charge is 0.399 e. The molecule has 0 heterocycles. The Bertz CT molecular complexity index is 804. The van der Waals surface area contributed by atoms with E-state index >= 15 is 0 Å². The first kappa shape index (κ1) is 15.8. The van der Waals surface area contributed by atoms with E-state index in [-0.39, 0.29) is 0 Å². The van der Waals surface area contributed by atoms with Crippen LogP contribution < -0.4 is 11.1 Å². The number of hydrogen-bond acceptors (Lipinski definition) is 3. The van der Waals surface area contributed by atoms with Crippen LogP contribution in [0.15, 0.2) is 78.4 Å². The van der Waals surface area contributed by atoms with Gasteiger partial charge in [-0.05, 0) is 65.6 Å². The first-order chi connectivity index (χ1) is 11.7. The van der Waals surface area contributed by atoms with Crippen LogP contribution >= 0.6 is 0 Å². The van der Waals surface area contributed by atoms with Gasteiger partial charge in [0.1, 0.15) is 0 Å². The minimum Gasteiger partial charge on any atom is -0.399 e. The van der Waals surface area contributed by atoms with Crippen LogP contribution in [0.25, 0.3) is 5.57 Å². The third kappa shape index (κ3) is 3.46. The molecule has 0 atom stereocenters. The van der Waals surface area contributed by atoms with Crippen LogP contribution in [-0.2, 0) is 0 Å². The van der Waals surface area contributed by atoms with Crippen molar-refractivity contribution in [3.8, 4) is 0 Å². The lowest BCUT2D eigenvalue weighted by Gasteiger charge is -2.15. The fourth-order valence-electron chi connectivity index (χ4n) is 2.75. The maximum absolute atomic E-state index is 7.71. The van der Waals surface area contributed by atoms with Gasteiger partial charge in [-0.1, -0.05) is 36.4 Å². The highest BCUT2D eigenvalue weighted by Crippen LogP contribution is 2.30. The lowest BCUT2D eigenvalue weighted by Crippen LogP contribution is -1.99. The normalized spacial score (nSPS) is 13.2. The van der Waals surface area contributed by atoms with E-state index in [2.05, 4.69) is 36.5 Å². The van der Waals surface area contributed by atoms with E-state index in [0.29, 0.717) is 5.71 Å². The van der Waals surface area contributed by atoms with E-state index in [1.165, 1.54) is 0 Å². The number of nitrogen functional groups attached to an aromatic ring is 1. The fourth-order valence-corrected chi connectivity index (χ4v) is 2.75. The van der Waals surface area contributed by atoms with Crippen molar-refractivity contribution in [2.45, 2.75) is 6.92 Å². The van der Waals surface area contributed by atoms with Crippen molar-refractivity contribution in [3.05, 3.63) is 89.5 Å². The second kappa shape index (κ2) is 7.01. The second-order valence-electron chi connectivity index (χ2n) is 5.68. The summed E-state index contributed by atoms with van der Waals surface area (Å²) in [5.41, 5.74) is 12.7. The standard InChI is InChI=1S/C21H21N3/c1-2-24-20-13-7-17(8-14-20)21(15-3-9-18(22)10-4-15)16-5-11-19(23)12-6-16/h3-14,22,24H,2,23H2,1H3. The quantitative estimate of drug-likeness (QED) is 0.719. The predicted molar refractivity (Wildman–Crippen MR) is 103 cm³/mol. The lowest BCUT2D eigenvalue weighted by atomic mass is 9.90. The molecule has 4 N–H and O–H groups in total. The summed E-state index contributed by atoms with van der Waals surface area (Å²) in [4.78, 5) is 0. The molecule has 0 radical (unpaired) electrons. The zero-order chi connectivity index (χ0) is 16.9. The molecule has 3 rings (SSSR count). The molecule has 3 heteroatoms. The number of nitrogens with two attached hydrogens (primary N) is 1. The number of hydrogen-bond donors (Lipinski definition) is 3. The molecule has 2 aromatic carbocycles. The molecular formula is C21H21N3. The highest BCUT2D eigenvalue weighted by atomic mass is 14.8. The first-order valence-electron chi connectivity index (χ1n) is 8.06. The third-order valence-electron chi connectivity index (χ3n) is 3.93. The van der Waals surface area contributed by atoms with E-state index in [0.717, 1.165) is 40.2 Å². The summed E-state index contributed by atoms with van der Waals surface area (Å²) in [5.74, 6) is 0. The van der Waals surface area contributed by atoms with Crippen molar-refractivity contribution in [2.75, 3.05) is 17.6 Å². The molecule has 0 saturated carbocycles. The molecule has 24 heavy (non-hydrogen) atoms. The Morgan fingerprint density at radius 1 is 0.875 bits per heavy atom. The molecule has 0 unspecified atom stereocenters. The maximum Gasteiger partial charge on any atom is 0.0540 e. The number of rotatable bonds is 4. The van der Waals surface area contributed by atoms with E-state index < -0.39 is 0 Å². The number of nitrogens with one attached hydrogen (secondary N) is 2. The fraction of sp³-hybridized carbons (Fsp3) is 0.0952. The lowest BCUT2D eigenvalue weighted by molar-refractivity contribution is 1.21. The van der Waals surface area contributed by atoms with Crippen LogP contribution in [0.1, 0.15) is 18.1 Å². The Morgan fingerprint density at radius 3 is 1.96 bits per heavy atom. The molecule has 120 valence electrons. The Labute approximate surface area is 142 Å². The highest BCUT2D eigenvalue weighted by molar-refractivity contribution is 6.05. The minimum absolute atomic E-state index is 0.512. The molecular weight excluding hydrogens is 294 g/mol. The van der Waals surface area contributed by atoms with Gasteiger partial charge in [0.05, 0.1) is 5.71 Å². The van der Waals surface area contributed by atoms with Gasteiger partial charge in [0.25, 0.3) is 0 Å². The highest BCUT2D eigenvalue weighted by Gasteiger charge is 2.11. The second-order valence-corrected chi connectivity index (χ2v) is 5.68. The molecule has 0 aromatic heterocycles. The average Bonchev–Trinajstić information content (AvgIpc) is 2.60. The van der Waals surface area contributed by atoms with Crippen LogP contribution in [0, 0.1) is 5.41 Å². The molecule has 0 amide bonds. The summed E-state index contributed by atoms with van der Waals surface area (Å²) in [5, 5.41) is 11.0. The van der Waals surface area contributed by atoms with E-state index in [1.807, 2.05) is 48.6 Å². The number of allylic oxidation sites excluding steroid dienone is 5. The van der Waals surface area contributed by atoms with Gasteiger partial charge in [-0.15, -0.1) is 0 Å². The summed E-state index contributed by atoms with van der Waals surface area (Å²) >= 11 is 0. The predicted octanol–water partition coefficient (Wildman–Crippen LogP) is 4.65. The molecule has 1 aliphatic carbocycles. The molecule has 0 aliphatic heterocycles. The molecule has 1 aliphatic rings. The summed E-state index contributed by atoms with van der Waals surface area (Å²) in [6.45, 7) is 2.99. The maximum atomic E-state index is 7.71. The van der Waals surface area contributed by atoms with Gasteiger partial charge in [0, 0.05) is 17.9 Å². The molecule has 0 fully saturated rings. The van der Waals surface area contributed by atoms with Crippen LogP contribution in [0.3, 0.4) is 0 Å². The SMILES string of the molecule is CCNc1ccc(C(=C2C=CC(=N)C=C2)c2ccc(N)cc2)cc1. The molecule has 0 spiro atoms. The molecule has 0 saturated heterocycles. The summed E-state index contributed by atoms with van der Waals surface area (Å²) in [7, 11) is 0. The van der Waals surface area contributed by atoms with Gasteiger partial charge in [-0.25, -0.2) is 0 Å². The van der Waals surface area contributed by atoms with Crippen molar-refractivity contribution >= 4 is 22.7 Å². The van der Waals surface area contributed by atoms with E-state index in [9.17, 15) is 0 Å². The monoisotopic (exact) mass is 315 g/mol. The molecule has 2 aromatic rings. The Kier molecular flexibility index (Phi) is 4.62. The zero-order valence-electron chi connectivity index (χ0n) is 13.7. The summed E-state index contributed by atoms with van der Waals surface area (Å²) < 4.78 is 0. The topological polar surface area (TPSA) is 61.9 Å². The third-order valence-corrected chi connectivity index (χ3v) is 3.93. The van der Waals surface area contributed by atoms with E-state index in [1.54, 1.807) is 0 Å². The first-order valence-corrected chi connectivity index (χ1v) is 8.06. The van der Waals surface area contributed by atoms with Crippen molar-refractivity contribution in [2.24, 2.45) is 0 Å². The van der Waals surface area contributed by atoms with Crippen LogP contribution in [0.4, 0.5) is 11.4 Å². The number of anilines is 2. The van der Waals surface area contributed by atoms with Crippen LogP contribution in [0.5, 0.6) is 0 Å². The van der Waals surface area contributed by atoms with Crippen molar-refractivity contribution in [1.82, 2.24) is 0 Å². The van der Waals surface area contributed by atoms with Gasteiger partial charge in [-0.2, -0.15) is 0 Å². The molecule has 0 bridgehead atoms. The summed E-state index contributed by atoms with van der Waals surface area (Å²) in [6.07, 6.45) is 7.62. The Balaban J connectivity index is 2.10. The van der Waals surface area contributed by atoms with Crippen LogP contribution in [0.2, 0.25) is 0 Å². The summed E-state index contributed by atoms with van der Waals surface area (Å²) in [6, 6.07) is 16.3. The van der Waals surface area contributed by atoms with Gasteiger partial charge < -0.3 is 16.5 Å². The van der Waals surface area contributed by atoms with Crippen molar-refractivity contribution < 1.29 is 0 Å². The van der Waals surface area contributed by atoms with Crippen LogP contribution in [-0.4, -0.2) is 12.3 Å². The average molecular weight is 315 g/mol. The van der Waals surface area contributed by atoms with Crippen molar-refractivity contribution in [1.29, 1.82) is 5.41 Å². The molecule has 3 nitrogen and oxygen atoms in total. The Morgan fingerprint density at radius 2 is 1.42 bits per heavy atom. The number of benzene rings is 2. The van der Waals surface area contributed by atoms with Gasteiger partial charge in [0.2, 0.25) is 0 Å². The van der Waals surface area contributed by atoms with Gasteiger partial charge >= 0.3 is 0 Å². The van der Waals surface area contributed by atoms with Gasteiger partial charge in [-0.3, -0.25) is 0 Å². The van der Waals surface area contributed by atoms with Crippen molar-refractivity contribution in [3.63, 3.8) is 0 Å². The minimum atomic E-state index is 0.512. The Hall–Kier alpha value is -3.07. The zero-order valence-corrected chi connectivity index (χ0v) is 13.7. The smallest absolute Gasteiger partial charge is 0.0540 e. The van der Waals surface area contributed by atoms with Gasteiger partial charge in [0.15, 0.2) is 0 Å². The van der Waals surface area contributed by atoms with E-state index in [4.69, 9.17) is 11.1 Å².